The molecule has 1 aliphatic heterocycles. The number of nitrogens with zero attached hydrogens (tertiary/aromatic N) is 2. The van der Waals surface area contributed by atoms with Crippen molar-refractivity contribution < 1.29 is 25.8 Å². The second kappa shape index (κ2) is 7.36. The zero-order chi connectivity index (χ0) is 20.7. The first kappa shape index (κ1) is 20.6. The van der Waals surface area contributed by atoms with Gasteiger partial charge in [0.15, 0.2) is 5.75 Å². The lowest BCUT2D eigenvalue weighted by Crippen LogP contribution is -2.31. The molecular formula is C17H17ClN2O6S2. The summed E-state index contributed by atoms with van der Waals surface area (Å²) in [5, 5.41) is 0. The molecule has 8 nitrogen and oxygen atoms in total. The first-order valence-corrected chi connectivity index (χ1v) is 11.8. The van der Waals surface area contributed by atoms with Gasteiger partial charge in [-0.25, -0.2) is 8.42 Å². The molecule has 3 rings (SSSR count). The maximum absolute atomic E-state index is 13.1. The van der Waals surface area contributed by atoms with Crippen LogP contribution in [-0.2, 0) is 25.8 Å². The lowest BCUT2D eigenvalue weighted by Gasteiger charge is -2.20. The van der Waals surface area contributed by atoms with Crippen LogP contribution in [0.3, 0.4) is 0 Å². The number of benzene rings is 2. The van der Waals surface area contributed by atoms with Crippen LogP contribution in [0.25, 0.3) is 0 Å². The van der Waals surface area contributed by atoms with Gasteiger partial charge in [0.25, 0.3) is 15.0 Å². The van der Waals surface area contributed by atoms with Gasteiger partial charge >= 0.3 is 10.3 Å². The zero-order valence-electron chi connectivity index (χ0n) is 15.0. The summed E-state index contributed by atoms with van der Waals surface area (Å²) in [5.41, 5.74) is 1.28. The summed E-state index contributed by atoms with van der Waals surface area (Å²) < 4.78 is 53.1. The highest BCUT2D eigenvalue weighted by molar-refractivity contribution is 8.13. The molecule has 0 aromatic heterocycles. The van der Waals surface area contributed by atoms with E-state index in [1.54, 1.807) is 12.1 Å². The van der Waals surface area contributed by atoms with E-state index in [-0.39, 0.29) is 16.2 Å². The Balaban J connectivity index is 1.96. The maximum atomic E-state index is 13.1. The van der Waals surface area contributed by atoms with Crippen molar-refractivity contribution in [1.82, 2.24) is 4.31 Å². The molecule has 1 heterocycles. The molecule has 0 aliphatic carbocycles. The van der Waals surface area contributed by atoms with Crippen molar-refractivity contribution in [2.24, 2.45) is 0 Å². The number of carbonyl (C=O) groups is 1. The van der Waals surface area contributed by atoms with Crippen molar-refractivity contribution in [2.75, 3.05) is 25.5 Å². The fraction of sp³-hybridized carbons (Fsp3) is 0.235. The van der Waals surface area contributed by atoms with Crippen LogP contribution >= 0.6 is 10.7 Å². The molecule has 150 valence electrons. The van der Waals surface area contributed by atoms with E-state index in [1.165, 1.54) is 49.3 Å². The van der Waals surface area contributed by atoms with Gasteiger partial charge in [-0.1, -0.05) is 12.1 Å². The lowest BCUT2D eigenvalue weighted by molar-refractivity contribution is 0.0988. The summed E-state index contributed by atoms with van der Waals surface area (Å²) in [5.74, 6) is -0.542. The summed E-state index contributed by atoms with van der Waals surface area (Å²) in [6.07, 6.45) is 0.445. The summed E-state index contributed by atoms with van der Waals surface area (Å²) >= 11 is 0. The number of fused-ring (bicyclic) bond motifs is 1. The summed E-state index contributed by atoms with van der Waals surface area (Å²) in [6, 6.07) is 10.3. The van der Waals surface area contributed by atoms with E-state index in [9.17, 15) is 21.6 Å². The minimum Gasteiger partial charge on any atom is -0.370 e. The van der Waals surface area contributed by atoms with Crippen molar-refractivity contribution in [2.45, 2.75) is 11.3 Å². The summed E-state index contributed by atoms with van der Waals surface area (Å²) in [6.45, 7) is 0.314. The van der Waals surface area contributed by atoms with E-state index in [0.29, 0.717) is 24.2 Å². The molecular weight excluding hydrogens is 428 g/mol. The molecule has 0 radical (unpaired) electrons. The van der Waals surface area contributed by atoms with Gasteiger partial charge in [0.05, 0.1) is 10.5 Å². The molecule has 1 amide bonds. The van der Waals surface area contributed by atoms with Crippen LogP contribution in [0.5, 0.6) is 5.75 Å². The van der Waals surface area contributed by atoms with E-state index in [2.05, 4.69) is 0 Å². The van der Waals surface area contributed by atoms with E-state index in [4.69, 9.17) is 14.9 Å². The number of hydrogen-bond acceptors (Lipinski definition) is 6. The van der Waals surface area contributed by atoms with E-state index in [1.807, 2.05) is 0 Å². The van der Waals surface area contributed by atoms with E-state index in [0.717, 1.165) is 4.31 Å². The molecule has 11 heteroatoms. The molecule has 1 aliphatic rings. The monoisotopic (exact) mass is 444 g/mol. The molecule has 0 atom stereocenters. The van der Waals surface area contributed by atoms with Gasteiger partial charge < -0.3 is 9.08 Å². The summed E-state index contributed by atoms with van der Waals surface area (Å²) in [4.78, 5) is 14.5. The third-order valence-electron chi connectivity index (χ3n) is 4.23. The Morgan fingerprint density at radius 3 is 2.43 bits per heavy atom. The smallest absolute Gasteiger partial charge is 0.370 e. The normalized spacial score (nSPS) is 14.2. The average molecular weight is 445 g/mol. The Morgan fingerprint density at radius 1 is 1.11 bits per heavy atom. The van der Waals surface area contributed by atoms with Crippen LogP contribution in [0.2, 0.25) is 0 Å². The van der Waals surface area contributed by atoms with Gasteiger partial charge in [0.1, 0.15) is 0 Å². The molecule has 0 N–H and O–H groups in total. The maximum Gasteiger partial charge on any atom is 0.384 e. The molecule has 0 saturated heterocycles. The van der Waals surface area contributed by atoms with Gasteiger partial charge in [0, 0.05) is 37.0 Å². The Kier molecular flexibility index (Phi) is 5.41. The predicted octanol–water partition coefficient (Wildman–Crippen LogP) is 2.00. The molecule has 0 spiro atoms. The Morgan fingerprint density at radius 2 is 1.79 bits per heavy atom. The minimum atomic E-state index is -4.03. The number of para-hydroxylation sites is 1. The lowest BCUT2D eigenvalue weighted by atomic mass is 10.1. The van der Waals surface area contributed by atoms with Crippen molar-refractivity contribution in [3.05, 3.63) is 53.6 Å². The first-order chi connectivity index (χ1) is 13.0. The van der Waals surface area contributed by atoms with Crippen LogP contribution < -0.4 is 9.08 Å². The highest BCUT2D eigenvalue weighted by Crippen LogP contribution is 2.33. The van der Waals surface area contributed by atoms with E-state index >= 15 is 0 Å². The topological polar surface area (TPSA) is 101 Å². The molecule has 0 bridgehead atoms. The number of anilines is 1. The Bertz CT molecular complexity index is 1150. The second-order valence-electron chi connectivity index (χ2n) is 6.25. The second-order valence-corrected chi connectivity index (χ2v) is 10.6. The van der Waals surface area contributed by atoms with Crippen molar-refractivity contribution in [3.63, 3.8) is 0 Å². The zero-order valence-corrected chi connectivity index (χ0v) is 17.4. The van der Waals surface area contributed by atoms with Gasteiger partial charge in [-0.05, 0) is 42.3 Å². The number of halogens is 1. The number of amides is 1. The Labute approximate surface area is 168 Å². The molecule has 28 heavy (non-hydrogen) atoms. The van der Waals surface area contributed by atoms with Gasteiger partial charge in [-0.2, -0.15) is 12.7 Å². The quantitative estimate of drug-likeness (QED) is 0.654. The fourth-order valence-corrected chi connectivity index (χ4v) is 4.11. The van der Waals surface area contributed by atoms with Crippen LogP contribution in [0, 0.1) is 0 Å². The number of rotatable bonds is 5. The molecule has 0 saturated carbocycles. The summed E-state index contributed by atoms with van der Waals surface area (Å²) in [7, 11) is 0.110. The third kappa shape index (κ3) is 4.00. The van der Waals surface area contributed by atoms with Crippen molar-refractivity contribution >= 4 is 41.6 Å². The Hall–Kier alpha value is -2.14. The van der Waals surface area contributed by atoms with Crippen molar-refractivity contribution in [3.8, 4) is 5.75 Å². The van der Waals surface area contributed by atoms with Gasteiger partial charge in [-0.15, -0.1) is 0 Å². The standard InChI is InChI=1S/C17H17ClN2O6S2/c1-19(2)28(24,25)26-16-6-4-3-5-14(16)17(21)20-10-9-12-11-13(27(18,22)23)7-8-15(12)20/h3-8,11H,9-10H2,1-2H3. The molecule has 0 fully saturated rings. The predicted molar refractivity (Wildman–Crippen MR) is 105 cm³/mol. The number of hydrogen-bond donors (Lipinski definition) is 0. The molecule has 2 aromatic carbocycles. The molecule has 2 aromatic rings. The molecule has 0 unspecified atom stereocenters. The SMILES string of the molecule is CN(C)S(=O)(=O)Oc1ccccc1C(=O)N1CCc2cc(S(=O)(=O)Cl)ccc21. The van der Waals surface area contributed by atoms with Crippen LogP contribution in [0.15, 0.2) is 47.4 Å². The first-order valence-electron chi connectivity index (χ1n) is 8.11. The van der Waals surface area contributed by atoms with Crippen LogP contribution in [0.1, 0.15) is 15.9 Å². The van der Waals surface area contributed by atoms with Crippen LogP contribution in [0.4, 0.5) is 5.69 Å². The average Bonchev–Trinajstić information content (AvgIpc) is 3.03. The fourth-order valence-electron chi connectivity index (χ4n) is 2.79. The third-order valence-corrected chi connectivity index (χ3v) is 6.87. The van der Waals surface area contributed by atoms with E-state index < -0.39 is 25.3 Å². The highest BCUT2D eigenvalue weighted by atomic mass is 35.7. The van der Waals surface area contributed by atoms with Crippen LogP contribution in [-0.4, -0.2) is 47.7 Å². The van der Waals surface area contributed by atoms with Gasteiger partial charge in [-0.3, -0.25) is 4.79 Å². The number of carbonyl (C=O) groups excluding carboxylic acids is 1. The minimum absolute atomic E-state index is 0.0389. The van der Waals surface area contributed by atoms with Gasteiger partial charge in [0.2, 0.25) is 0 Å². The van der Waals surface area contributed by atoms with Crippen molar-refractivity contribution in [1.29, 1.82) is 0 Å². The largest absolute Gasteiger partial charge is 0.384 e. The highest BCUT2D eigenvalue weighted by Gasteiger charge is 2.30.